The van der Waals surface area contributed by atoms with Crippen LogP contribution in [0.4, 0.5) is 4.79 Å². The van der Waals surface area contributed by atoms with Crippen LogP contribution in [0, 0.1) is 0 Å². The number of ether oxygens (including phenoxy) is 1. The number of alkyl carbamates (subject to hydrolysis) is 1. The molecule has 0 aromatic rings. The maximum Gasteiger partial charge on any atom is 0.407 e. The molecule has 6 heteroatoms. The first-order valence-corrected chi connectivity index (χ1v) is 6.30. The second-order valence-electron chi connectivity index (χ2n) is 5.47. The molecule has 1 aliphatic heterocycles. The molecule has 0 spiro atoms. The summed E-state index contributed by atoms with van der Waals surface area (Å²) >= 11 is 0. The van der Waals surface area contributed by atoms with Crippen LogP contribution in [0.1, 0.15) is 33.6 Å². The number of carbonyl (C=O) groups excluding carboxylic acids is 2. The fourth-order valence-corrected chi connectivity index (χ4v) is 2.01. The molecular formula is C12H23N3O3. The third-order valence-electron chi connectivity index (χ3n) is 2.75. The molecule has 18 heavy (non-hydrogen) atoms. The Morgan fingerprint density at radius 2 is 2.11 bits per heavy atom. The quantitative estimate of drug-likeness (QED) is 0.769. The molecule has 0 aliphatic carbocycles. The van der Waals surface area contributed by atoms with Gasteiger partial charge < -0.3 is 20.7 Å². The molecule has 1 heterocycles. The Balaban J connectivity index is 2.38. The van der Waals surface area contributed by atoms with Gasteiger partial charge in [0, 0.05) is 19.1 Å². The van der Waals surface area contributed by atoms with Crippen LogP contribution in [-0.2, 0) is 9.53 Å². The van der Waals surface area contributed by atoms with Crippen LogP contribution in [0.2, 0.25) is 0 Å². The summed E-state index contributed by atoms with van der Waals surface area (Å²) in [6.07, 6.45) is 1.39. The smallest absolute Gasteiger partial charge is 0.407 e. The number of rotatable bonds is 3. The molecule has 1 atom stereocenters. The highest BCUT2D eigenvalue weighted by Crippen LogP contribution is 2.16. The van der Waals surface area contributed by atoms with Crippen molar-refractivity contribution >= 4 is 12.0 Å². The van der Waals surface area contributed by atoms with Gasteiger partial charge >= 0.3 is 6.09 Å². The number of likely N-dealkylation sites (tertiary alicyclic amines) is 1. The molecule has 0 aromatic carbocycles. The van der Waals surface area contributed by atoms with Crippen LogP contribution < -0.4 is 11.1 Å². The summed E-state index contributed by atoms with van der Waals surface area (Å²) in [6.45, 7) is 6.59. The monoisotopic (exact) mass is 257 g/mol. The van der Waals surface area contributed by atoms with Crippen molar-refractivity contribution in [2.45, 2.75) is 45.3 Å². The van der Waals surface area contributed by atoms with Gasteiger partial charge in [-0.2, -0.15) is 0 Å². The van der Waals surface area contributed by atoms with E-state index in [-0.39, 0.29) is 18.5 Å². The van der Waals surface area contributed by atoms with Crippen LogP contribution in [0.5, 0.6) is 0 Å². The Morgan fingerprint density at radius 3 is 2.67 bits per heavy atom. The molecule has 1 rings (SSSR count). The van der Waals surface area contributed by atoms with Crippen LogP contribution in [0.25, 0.3) is 0 Å². The number of nitrogens with two attached hydrogens (primary N) is 1. The molecule has 0 saturated carbocycles. The summed E-state index contributed by atoms with van der Waals surface area (Å²) in [5, 5.41) is 2.69. The van der Waals surface area contributed by atoms with Gasteiger partial charge in [-0.05, 0) is 33.6 Å². The second-order valence-corrected chi connectivity index (χ2v) is 5.47. The lowest BCUT2D eigenvalue weighted by Gasteiger charge is -2.25. The lowest BCUT2D eigenvalue weighted by Crippen LogP contribution is -2.46. The summed E-state index contributed by atoms with van der Waals surface area (Å²) < 4.78 is 5.14. The van der Waals surface area contributed by atoms with Gasteiger partial charge in [0.2, 0.25) is 5.91 Å². The van der Waals surface area contributed by atoms with E-state index in [1.165, 1.54) is 0 Å². The first-order chi connectivity index (χ1) is 8.33. The minimum Gasteiger partial charge on any atom is -0.444 e. The van der Waals surface area contributed by atoms with Crippen molar-refractivity contribution in [3.63, 3.8) is 0 Å². The number of nitrogens with one attached hydrogen (secondary N) is 1. The molecule has 104 valence electrons. The van der Waals surface area contributed by atoms with Gasteiger partial charge in [-0.3, -0.25) is 4.79 Å². The summed E-state index contributed by atoms with van der Waals surface area (Å²) in [5.41, 5.74) is 4.84. The largest absolute Gasteiger partial charge is 0.444 e. The maximum absolute atomic E-state index is 11.6. The predicted molar refractivity (Wildman–Crippen MR) is 68.0 cm³/mol. The van der Waals surface area contributed by atoms with E-state index < -0.39 is 11.7 Å². The molecule has 0 unspecified atom stereocenters. The average molecular weight is 257 g/mol. The highest BCUT2D eigenvalue weighted by atomic mass is 16.6. The second kappa shape index (κ2) is 6.04. The van der Waals surface area contributed by atoms with Crippen LogP contribution in [0.3, 0.4) is 0 Å². The number of amides is 2. The topological polar surface area (TPSA) is 84.7 Å². The lowest BCUT2D eigenvalue weighted by atomic mass is 10.2. The summed E-state index contributed by atoms with van der Waals surface area (Å²) in [6, 6.07) is 0.0357. The molecule has 1 fully saturated rings. The fourth-order valence-electron chi connectivity index (χ4n) is 2.01. The van der Waals surface area contributed by atoms with E-state index in [2.05, 4.69) is 5.32 Å². The van der Waals surface area contributed by atoms with E-state index in [1.807, 2.05) is 20.8 Å². The molecule has 6 nitrogen and oxygen atoms in total. The average Bonchev–Trinajstić information content (AvgIpc) is 2.71. The zero-order valence-corrected chi connectivity index (χ0v) is 11.4. The van der Waals surface area contributed by atoms with Crippen LogP contribution >= 0.6 is 0 Å². The molecule has 0 bridgehead atoms. The van der Waals surface area contributed by atoms with Crippen molar-refractivity contribution in [3.05, 3.63) is 0 Å². The van der Waals surface area contributed by atoms with Gasteiger partial charge in [0.15, 0.2) is 0 Å². The molecule has 2 amide bonds. The highest BCUT2D eigenvalue weighted by molar-refractivity contribution is 5.78. The third-order valence-corrected chi connectivity index (χ3v) is 2.75. The molecule has 3 N–H and O–H groups in total. The number of carbonyl (C=O) groups is 2. The molecule has 1 saturated heterocycles. The molecule has 1 aliphatic rings. The Labute approximate surface area is 108 Å². The summed E-state index contributed by atoms with van der Waals surface area (Å²) in [7, 11) is 0. The Bertz CT molecular complexity index is 312. The predicted octanol–water partition coefficient (Wildman–Crippen LogP) is 0.461. The Kier molecular flexibility index (Phi) is 4.95. The Hall–Kier alpha value is -1.30. The normalized spacial score (nSPS) is 19.8. The lowest BCUT2D eigenvalue weighted by molar-refractivity contribution is -0.130. The maximum atomic E-state index is 11.6. The van der Waals surface area contributed by atoms with Gasteiger partial charge in [-0.1, -0.05) is 0 Å². The van der Waals surface area contributed by atoms with E-state index in [0.29, 0.717) is 6.54 Å². The van der Waals surface area contributed by atoms with Crippen LogP contribution in [-0.4, -0.2) is 48.2 Å². The zero-order valence-electron chi connectivity index (χ0n) is 11.4. The molecule has 0 radical (unpaired) electrons. The zero-order chi connectivity index (χ0) is 13.8. The van der Waals surface area contributed by atoms with Crippen molar-refractivity contribution in [1.82, 2.24) is 10.2 Å². The third kappa shape index (κ3) is 4.52. The van der Waals surface area contributed by atoms with Crippen molar-refractivity contribution < 1.29 is 14.3 Å². The first kappa shape index (κ1) is 14.8. The van der Waals surface area contributed by atoms with Gasteiger partial charge in [-0.15, -0.1) is 0 Å². The van der Waals surface area contributed by atoms with E-state index in [1.54, 1.807) is 4.90 Å². The number of hydrogen-bond acceptors (Lipinski definition) is 4. The fraction of sp³-hybridized carbons (Fsp3) is 0.833. The van der Waals surface area contributed by atoms with Crippen molar-refractivity contribution in [1.29, 1.82) is 0 Å². The van der Waals surface area contributed by atoms with Gasteiger partial charge in [0.1, 0.15) is 5.60 Å². The van der Waals surface area contributed by atoms with E-state index >= 15 is 0 Å². The van der Waals surface area contributed by atoms with Crippen LogP contribution in [0.15, 0.2) is 0 Å². The van der Waals surface area contributed by atoms with Gasteiger partial charge in [0.25, 0.3) is 0 Å². The molecular weight excluding hydrogens is 234 g/mol. The standard InChI is InChI=1S/C12H23N3O3/c1-12(2,3)18-11(17)14-8-9-5-4-6-15(9)10(16)7-13/h9H,4-8,13H2,1-3H3,(H,14,17)/t9-/m0/s1. The van der Waals surface area contributed by atoms with E-state index in [9.17, 15) is 9.59 Å². The number of hydrogen-bond donors (Lipinski definition) is 2. The molecule has 0 aromatic heterocycles. The van der Waals surface area contributed by atoms with Gasteiger partial charge in [0.05, 0.1) is 6.54 Å². The van der Waals surface area contributed by atoms with Gasteiger partial charge in [-0.25, -0.2) is 4.79 Å². The van der Waals surface area contributed by atoms with E-state index in [0.717, 1.165) is 19.4 Å². The van der Waals surface area contributed by atoms with E-state index in [4.69, 9.17) is 10.5 Å². The Morgan fingerprint density at radius 1 is 1.44 bits per heavy atom. The van der Waals surface area contributed by atoms with Crippen molar-refractivity contribution in [2.24, 2.45) is 5.73 Å². The summed E-state index contributed by atoms with van der Waals surface area (Å²) in [4.78, 5) is 24.8. The highest BCUT2D eigenvalue weighted by Gasteiger charge is 2.28. The first-order valence-electron chi connectivity index (χ1n) is 6.30. The minimum absolute atomic E-state index is 0.0168. The minimum atomic E-state index is -0.507. The van der Waals surface area contributed by atoms with Crippen molar-refractivity contribution in [3.8, 4) is 0 Å². The number of nitrogens with zero attached hydrogens (tertiary/aromatic N) is 1. The van der Waals surface area contributed by atoms with Crippen molar-refractivity contribution in [2.75, 3.05) is 19.6 Å². The summed E-state index contributed by atoms with van der Waals surface area (Å²) in [5.74, 6) is -0.0662. The SMILES string of the molecule is CC(C)(C)OC(=O)NC[C@@H]1CCCN1C(=O)CN.